The molecule has 0 spiro atoms. The molecular formula is C23H26N2O6. The highest BCUT2D eigenvalue weighted by Crippen LogP contribution is 2.36. The smallest absolute Gasteiger partial charge is 0.229 e. The van der Waals surface area contributed by atoms with Crippen LogP contribution in [0.2, 0.25) is 0 Å². The van der Waals surface area contributed by atoms with E-state index in [2.05, 4.69) is 5.32 Å². The summed E-state index contributed by atoms with van der Waals surface area (Å²) < 4.78 is 22.3. The summed E-state index contributed by atoms with van der Waals surface area (Å²) in [5, 5.41) is 2.91. The molecule has 0 aromatic heterocycles. The number of amides is 2. The van der Waals surface area contributed by atoms with Gasteiger partial charge in [0.15, 0.2) is 11.5 Å². The Bertz CT molecular complexity index is 977. The van der Waals surface area contributed by atoms with Gasteiger partial charge in [-0.05, 0) is 38.1 Å². The molecule has 0 radical (unpaired) electrons. The Morgan fingerprint density at radius 3 is 2.61 bits per heavy atom. The first-order valence-electron chi connectivity index (χ1n) is 10.5. The molecule has 1 fully saturated rings. The predicted octanol–water partition coefficient (Wildman–Crippen LogP) is 3.25. The number of nitrogens with one attached hydrogen (secondary N) is 1. The molecule has 164 valence electrons. The summed E-state index contributed by atoms with van der Waals surface area (Å²) >= 11 is 0. The van der Waals surface area contributed by atoms with Gasteiger partial charge in [0.05, 0.1) is 24.8 Å². The number of benzene rings is 2. The number of hydrogen-bond donors (Lipinski definition) is 1. The van der Waals surface area contributed by atoms with Crippen molar-refractivity contribution in [1.82, 2.24) is 0 Å². The molecule has 8 nitrogen and oxygen atoms in total. The molecule has 1 N–H and O–H groups in total. The number of nitrogens with zero attached hydrogens (tertiary/aromatic N) is 1. The molecule has 31 heavy (non-hydrogen) atoms. The molecule has 8 heteroatoms. The standard InChI is InChI=1S/C23H26N2O6/c1-3-28-17-6-8-19(29-4-2)18(13-17)24-23(27)15-11-22(26)25(14-15)16-5-7-20-21(12-16)31-10-9-30-20/h5-8,12-13,15H,3-4,9-11,14H2,1-2H3,(H,24,27)/t15-/m0/s1. The van der Waals surface area contributed by atoms with Crippen molar-refractivity contribution in [2.75, 3.05) is 43.2 Å². The second-order valence-electron chi connectivity index (χ2n) is 7.25. The first-order valence-corrected chi connectivity index (χ1v) is 10.5. The van der Waals surface area contributed by atoms with Gasteiger partial charge in [-0.3, -0.25) is 9.59 Å². The van der Waals surface area contributed by atoms with E-state index in [-0.39, 0.29) is 18.2 Å². The third-order valence-electron chi connectivity index (χ3n) is 5.15. The minimum absolute atomic E-state index is 0.107. The van der Waals surface area contributed by atoms with Crippen LogP contribution in [0.15, 0.2) is 36.4 Å². The van der Waals surface area contributed by atoms with Gasteiger partial charge in [0.25, 0.3) is 0 Å². The molecule has 0 unspecified atom stereocenters. The fourth-order valence-corrected chi connectivity index (χ4v) is 3.71. The summed E-state index contributed by atoms with van der Waals surface area (Å²) in [5.74, 6) is 1.65. The fourth-order valence-electron chi connectivity index (χ4n) is 3.71. The SMILES string of the molecule is CCOc1ccc(OCC)c(NC(=O)[C@H]2CC(=O)N(c3ccc4c(c3)OCCO4)C2)c1. The third kappa shape index (κ3) is 4.52. The quantitative estimate of drug-likeness (QED) is 0.732. The second kappa shape index (κ2) is 9.16. The van der Waals surface area contributed by atoms with Crippen LogP contribution in [0.5, 0.6) is 23.0 Å². The van der Waals surface area contributed by atoms with E-state index in [1.807, 2.05) is 19.9 Å². The number of ether oxygens (including phenoxy) is 4. The van der Waals surface area contributed by atoms with Gasteiger partial charge in [-0.15, -0.1) is 0 Å². The van der Waals surface area contributed by atoms with E-state index in [0.717, 1.165) is 0 Å². The molecule has 0 saturated carbocycles. The normalized spacial score (nSPS) is 17.4. The van der Waals surface area contributed by atoms with Crippen LogP contribution in [0, 0.1) is 5.92 Å². The minimum Gasteiger partial charge on any atom is -0.494 e. The first kappa shape index (κ1) is 20.8. The van der Waals surface area contributed by atoms with Crippen molar-refractivity contribution in [3.05, 3.63) is 36.4 Å². The molecule has 2 aromatic carbocycles. The van der Waals surface area contributed by atoms with Gasteiger partial charge in [-0.1, -0.05) is 0 Å². The summed E-state index contributed by atoms with van der Waals surface area (Å²) in [6.45, 7) is 6.02. The number of rotatable bonds is 7. The van der Waals surface area contributed by atoms with Crippen molar-refractivity contribution >= 4 is 23.2 Å². The monoisotopic (exact) mass is 426 g/mol. The topological polar surface area (TPSA) is 86.3 Å². The largest absolute Gasteiger partial charge is 0.494 e. The lowest BCUT2D eigenvalue weighted by atomic mass is 10.1. The molecule has 1 saturated heterocycles. The number of fused-ring (bicyclic) bond motifs is 1. The van der Waals surface area contributed by atoms with Crippen molar-refractivity contribution < 1.29 is 28.5 Å². The lowest BCUT2D eigenvalue weighted by Crippen LogP contribution is -2.28. The molecule has 2 amide bonds. The maximum Gasteiger partial charge on any atom is 0.229 e. The Kier molecular flexibility index (Phi) is 6.16. The summed E-state index contributed by atoms with van der Waals surface area (Å²) in [6, 6.07) is 10.7. The van der Waals surface area contributed by atoms with Crippen molar-refractivity contribution in [1.29, 1.82) is 0 Å². The maximum absolute atomic E-state index is 13.0. The van der Waals surface area contributed by atoms with Crippen LogP contribution in [0.1, 0.15) is 20.3 Å². The lowest BCUT2D eigenvalue weighted by Gasteiger charge is -2.22. The summed E-state index contributed by atoms with van der Waals surface area (Å²) in [6.07, 6.45) is 0.134. The molecule has 0 aliphatic carbocycles. The van der Waals surface area contributed by atoms with Crippen LogP contribution in [0.4, 0.5) is 11.4 Å². The van der Waals surface area contributed by atoms with Crippen molar-refractivity contribution in [2.24, 2.45) is 5.92 Å². The van der Waals surface area contributed by atoms with Gasteiger partial charge in [0.2, 0.25) is 11.8 Å². The van der Waals surface area contributed by atoms with Gasteiger partial charge < -0.3 is 29.2 Å². The summed E-state index contributed by atoms with van der Waals surface area (Å²) in [4.78, 5) is 27.2. The van der Waals surface area contributed by atoms with E-state index in [1.54, 1.807) is 35.2 Å². The van der Waals surface area contributed by atoms with Crippen LogP contribution in [-0.4, -0.2) is 44.8 Å². The number of carbonyl (C=O) groups excluding carboxylic acids is 2. The van der Waals surface area contributed by atoms with Crippen LogP contribution in [0.3, 0.4) is 0 Å². The Morgan fingerprint density at radius 2 is 1.84 bits per heavy atom. The van der Waals surface area contributed by atoms with E-state index in [4.69, 9.17) is 18.9 Å². The second-order valence-corrected chi connectivity index (χ2v) is 7.25. The zero-order valence-electron chi connectivity index (χ0n) is 17.7. The van der Waals surface area contributed by atoms with Gasteiger partial charge in [-0.25, -0.2) is 0 Å². The molecule has 4 rings (SSSR count). The van der Waals surface area contributed by atoms with E-state index in [1.165, 1.54) is 0 Å². The van der Waals surface area contributed by atoms with E-state index >= 15 is 0 Å². The first-order chi connectivity index (χ1) is 15.1. The molecule has 0 bridgehead atoms. The van der Waals surface area contributed by atoms with E-state index in [9.17, 15) is 9.59 Å². The zero-order chi connectivity index (χ0) is 21.8. The Hall–Kier alpha value is -3.42. The van der Waals surface area contributed by atoms with Crippen LogP contribution in [-0.2, 0) is 9.59 Å². The number of hydrogen-bond acceptors (Lipinski definition) is 6. The Labute approximate surface area is 181 Å². The van der Waals surface area contributed by atoms with Gasteiger partial charge in [0, 0.05) is 30.8 Å². The number of anilines is 2. The highest BCUT2D eigenvalue weighted by atomic mass is 16.6. The van der Waals surface area contributed by atoms with E-state index < -0.39 is 5.92 Å². The van der Waals surface area contributed by atoms with Crippen molar-refractivity contribution in [3.8, 4) is 23.0 Å². The molecule has 1 atom stereocenters. The van der Waals surface area contributed by atoms with Crippen LogP contribution >= 0.6 is 0 Å². The summed E-state index contributed by atoms with van der Waals surface area (Å²) in [7, 11) is 0. The maximum atomic E-state index is 13.0. The molecular weight excluding hydrogens is 400 g/mol. The van der Waals surface area contributed by atoms with Crippen molar-refractivity contribution in [2.45, 2.75) is 20.3 Å². The highest BCUT2D eigenvalue weighted by Gasteiger charge is 2.36. The van der Waals surface area contributed by atoms with Gasteiger partial charge in [-0.2, -0.15) is 0 Å². The molecule has 2 aromatic rings. The van der Waals surface area contributed by atoms with Crippen molar-refractivity contribution in [3.63, 3.8) is 0 Å². The highest BCUT2D eigenvalue weighted by molar-refractivity contribution is 6.04. The lowest BCUT2D eigenvalue weighted by molar-refractivity contribution is -0.122. The van der Waals surface area contributed by atoms with Crippen LogP contribution < -0.4 is 29.2 Å². The molecule has 2 aliphatic heterocycles. The Balaban J connectivity index is 1.48. The van der Waals surface area contributed by atoms with Gasteiger partial charge in [0.1, 0.15) is 24.7 Å². The number of carbonyl (C=O) groups is 2. The average molecular weight is 426 g/mol. The minimum atomic E-state index is -0.481. The molecule has 2 heterocycles. The van der Waals surface area contributed by atoms with E-state index in [0.29, 0.717) is 67.3 Å². The Morgan fingerprint density at radius 1 is 1.06 bits per heavy atom. The zero-order valence-corrected chi connectivity index (χ0v) is 17.7. The van der Waals surface area contributed by atoms with Gasteiger partial charge >= 0.3 is 0 Å². The summed E-state index contributed by atoms with van der Waals surface area (Å²) in [5.41, 5.74) is 1.22. The van der Waals surface area contributed by atoms with Crippen LogP contribution in [0.25, 0.3) is 0 Å². The third-order valence-corrected chi connectivity index (χ3v) is 5.15. The fraction of sp³-hybridized carbons (Fsp3) is 0.391. The predicted molar refractivity (Wildman–Crippen MR) is 115 cm³/mol. The average Bonchev–Trinajstić information content (AvgIpc) is 3.17. The molecule has 2 aliphatic rings.